The number of nitrogens with zero attached hydrogens (tertiary/aromatic N) is 5. The number of aryl methyl sites for hydroxylation is 1. The number of rotatable bonds is 5. The molecule has 2 aromatic rings. The van der Waals surface area contributed by atoms with Crippen molar-refractivity contribution < 1.29 is 13.2 Å². The third-order valence-electron chi connectivity index (χ3n) is 6.02. The molecule has 0 radical (unpaired) electrons. The number of sulfonamides is 1. The highest BCUT2D eigenvalue weighted by atomic mass is 32.2. The number of hydrogen-bond donors (Lipinski definition) is 0. The smallest absolute Gasteiger partial charge is 0.246 e. The molecule has 0 aromatic carbocycles. The van der Waals surface area contributed by atoms with Gasteiger partial charge in [0.15, 0.2) is 5.82 Å². The van der Waals surface area contributed by atoms with Crippen LogP contribution in [0.1, 0.15) is 37.8 Å². The number of carbonyl (C=O) groups excluding carboxylic acids is 1. The van der Waals surface area contributed by atoms with E-state index in [4.69, 9.17) is 0 Å². The van der Waals surface area contributed by atoms with Crippen molar-refractivity contribution in [2.75, 3.05) is 26.2 Å². The molecule has 1 saturated carbocycles. The van der Waals surface area contributed by atoms with Crippen LogP contribution in [0.4, 0.5) is 0 Å². The molecule has 3 heterocycles. The molecule has 0 unspecified atom stereocenters. The molecule has 9 heteroatoms. The summed E-state index contributed by atoms with van der Waals surface area (Å²) < 4.78 is 27.7. The molecule has 2 aliphatic rings. The highest BCUT2D eigenvalue weighted by molar-refractivity contribution is 7.89. The fourth-order valence-electron chi connectivity index (χ4n) is 4.26. The maximum absolute atomic E-state index is 13.1. The Bertz CT molecular complexity index is 999. The van der Waals surface area contributed by atoms with Gasteiger partial charge in [-0.3, -0.25) is 9.78 Å². The Labute approximate surface area is 177 Å². The average Bonchev–Trinajstić information content (AvgIpc) is 3.27. The van der Waals surface area contributed by atoms with E-state index in [0.717, 1.165) is 18.4 Å². The van der Waals surface area contributed by atoms with Gasteiger partial charge in [0.25, 0.3) is 0 Å². The molecule has 160 valence electrons. The van der Waals surface area contributed by atoms with E-state index in [-0.39, 0.29) is 10.8 Å². The van der Waals surface area contributed by atoms with Crippen LogP contribution in [0.15, 0.2) is 35.6 Å². The molecular weight excluding hydrogens is 402 g/mol. The first-order valence-corrected chi connectivity index (χ1v) is 11.9. The minimum Gasteiger partial charge on any atom is -0.340 e. The second-order valence-corrected chi connectivity index (χ2v) is 9.92. The standard InChI is InChI=1S/C21H27N5O3S/c1-16-19(15-23-21(24-16)18-6-8-22-9-7-18)30(28,29)26-12-10-25(11-13-26)20(27)14-17-4-2-3-5-17/h6-9,15,17H,2-5,10-14H2,1H3. The lowest BCUT2D eigenvalue weighted by molar-refractivity contribution is -0.133. The summed E-state index contributed by atoms with van der Waals surface area (Å²) in [5.41, 5.74) is 1.20. The van der Waals surface area contributed by atoms with Crippen LogP contribution in [0.5, 0.6) is 0 Å². The van der Waals surface area contributed by atoms with Crippen LogP contribution in [0.3, 0.4) is 0 Å². The maximum atomic E-state index is 13.1. The first-order valence-electron chi connectivity index (χ1n) is 10.5. The van der Waals surface area contributed by atoms with Crippen LogP contribution in [-0.4, -0.2) is 64.7 Å². The highest BCUT2D eigenvalue weighted by Crippen LogP contribution is 2.28. The predicted molar refractivity (Wildman–Crippen MR) is 112 cm³/mol. The lowest BCUT2D eigenvalue weighted by Crippen LogP contribution is -2.50. The molecule has 2 aromatic heterocycles. The summed E-state index contributed by atoms with van der Waals surface area (Å²) >= 11 is 0. The van der Waals surface area contributed by atoms with E-state index in [1.54, 1.807) is 36.4 Å². The molecule has 0 bridgehead atoms. The normalized spacial score (nSPS) is 18.6. The molecule has 1 aliphatic carbocycles. The maximum Gasteiger partial charge on any atom is 0.246 e. The molecule has 30 heavy (non-hydrogen) atoms. The third-order valence-corrected chi connectivity index (χ3v) is 8.02. The summed E-state index contributed by atoms with van der Waals surface area (Å²) in [4.78, 5) is 27.1. The van der Waals surface area contributed by atoms with Crippen molar-refractivity contribution >= 4 is 15.9 Å². The van der Waals surface area contributed by atoms with Crippen LogP contribution < -0.4 is 0 Å². The van der Waals surface area contributed by atoms with Crippen LogP contribution in [0, 0.1) is 12.8 Å². The van der Waals surface area contributed by atoms with E-state index in [1.165, 1.54) is 23.3 Å². The quantitative estimate of drug-likeness (QED) is 0.723. The van der Waals surface area contributed by atoms with Crippen LogP contribution in [0.25, 0.3) is 11.4 Å². The zero-order valence-corrected chi connectivity index (χ0v) is 18.0. The van der Waals surface area contributed by atoms with E-state index < -0.39 is 10.0 Å². The largest absolute Gasteiger partial charge is 0.340 e. The number of carbonyl (C=O) groups is 1. The molecule has 0 atom stereocenters. The van der Waals surface area contributed by atoms with E-state index in [9.17, 15) is 13.2 Å². The zero-order chi connectivity index (χ0) is 21.1. The number of aromatic nitrogens is 3. The molecule has 8 nitrogen and oxygen atoms in total. The topological polar surface area (TPSA) is 96.4 Å². The van der Waals surface area contributed by atoms with Gasteiger partial charge >= 0.3 is 0 Å². The van der Waals surface area contributed by atoms with Gasteiger partial charge in [0.1, 0.15) is 4.90 Å². The van der Waals surface area contributed by atoms with Gasteiger partial charge in [0.2, 0.25) is 15.9 Å². The molecule has 0 spiro atoms. The highest BCUT2D eigenvalue weighted by Gasteiger charge is 2.32. The van der Waals surface area contributed by atoms with Gasteiger partial charge < -0.3 is 4.90 Å². The number of pyridine rings is 1. The summed E-state index contributed by atoms with van der Waals surface area (Å²) in [5, 5.41) is 0. The Morgan fingerprint density at radius 3 is 2.40 bits per heavy atom. The van der Waals surface area contributed by atoms with Gasteiger partial charge in [-0.1, -0.05) is 12.8 Å². The van der Waals surface area contributed by atoms with Crippen molar-refractivity contribution in [2.24, 2.45) is 5.92 Å². The summed E-state index contributed by atoms with van der Waals surface area (Å²) in [6.07, 6.45) is 9.96. The van der Waals surface area contributed by atoms with Crippen molar-refractivity contribution in [1.29, 1.82) is 0 Å². The second kappa shape index (κ2) is 8.77. The number of piperazine rings is 1. The van der Waals surface area contributed by atoms with E-state index in [2.05, 4.69) is 15.0 Å². The van der Waals surface area contributed by atoms with Gasteiger partial charge in [-0.05, 0) is 37.8 Å². The summed E-state index contributed by atoms with van der Waals surface area (Å²) in [6, 6.07) is 3.56. The minimum atomic E-state index is -3.71. The van der Waals surface area contributed by atoms with Gasteiger partial charge in [-0.25, -0.2) is 18.4 Å². The third kappa shape index (κ3) is 4.37. The first kappa shape index (κ1) is 20.9. The van der Waals surface area contributed by atoms with Gasteiger partial charge in [0, 0.05) is 50.6 Å². The van der Waals surface area contributed by atoms with Gasteiger partial charge in [-0.2, -0.15) is 4.31 Å². The molecule has 1 saturated heterocycles. The lowest BCUT2D eigenvalue weighted by atomic mass is 10.0. The minimum absolute atomic E-state index is 0.117. The SMILES string of the molecule is Cc1nc(-c2ccncc2)ncc1S(=O)(=O)N1CCN(C(=O)CC2CCCC2)CC1. The fourth-order valence-corrected chi connectivity index (χ4v) is 5.78. The van der Waals surface area contributed by atoms with Crippen molar-refractivity contribution in [1.82, 2.24) is 24.2 Å². The van der Waals surface area contributed by atoms with Crippen molar-refractivity contribution in [3.8, 4) is 11.4 Å². The molecule has 4 rings (SSSR count). The predicted octanol–water partition coefficient (Wildman–Crippen LogP) is 2.26. The van der Waals surface area contributed by atoms with Crippen molar-refractivity contribution in [3.63, 3.8) is 0 Å². The van der Waals surface area contributed by atoms with E-state index >= 15 is 0 Å². The van der Waals surface area contributed by atoms with Crippen LogP contribution >= 0.6 is 0 Å². The fraction of sp³-hybridized carbons (Fsp3) is 0.524. The van der Waals surface area contributed by atoms with Gasteiger partial charge in [-0.15, -0.1) is 0 Å². The summed E-state index contributed by atoms with van der Waals surface area (Å²) in [6.45, 7) is 3.13. The Morgan fingerprint density at radius 2 is 1.77 bits per heavy atom. The molecule has 2 fully saturated rings. The summed E-state index contributed by atoms with van der Waals surface area (Å²) in [7, 11) is -3.71. The Balaban J connectivity index is 1.42. The van der Waals surface area contributed by atoms with Crippen molar-refractivity contribution in [3.05, 3.63) is 36.4 Å². The number of hydrogen-bond acceptors (Lipinski definition) is 6. The average molecular weight is 430 g/mol. The van der Waals surface area contributed by atoms with Crippen LogP contribution in [0.2, 0.25) is 0 Å². The molecule has 0 N–H and O–H groups in total. The zero-order valence-electron chi connectivity index (χ0n) is 17.2. The van der Waals surface area contributed by atoms with Crippen LogP contribution in [-0.2, 0) is 14.8 Å². The Hall–Kier alpha value is -2.39. The molecule has 1 amide bonds. The van der Waals surface area contributed by atoms with E-state index in [0.29, 0.717) is 50.0 Å². The van der Waals surface area contributed by atoms with Gasteiger partial charge in [0.05, 0.1) is 11.9 Å². The Kier molecular flexibility index (Phi) is 6.10. The molecular formula is C21H27N5O3S. The Morgan fingerprint density at radius 1 is 1.10 bits per heavy atom. The molecule has 1 aliphatic heterocycles. The van der Waals surface area contributed by atoms with E-state index in [1.807, 2.05) is 0 Å². The van der Waals surface area contributed by atoms with Crippen molar-refractivity contribution in [2.45, 2.75) is 43.9 Å². The monoisotopic (exact) mass is 429 g/mol. The number of amides is 1. The second-order valence-electron chi connectivity index (χ2n) is 8.02. The lowest BCUT2D eigenvalue weighted by Gasteiger charge is -2.34. The first-order chi connectivity index (χ1) is 14.4. The summed E-state index contributed by atoms with van der Waals surface area (Å²) in [5.74, 6) is 1.12.